The van der Waals surface area contributed by atoms with Gasteiger partial charge >= 0.3 is 18.1 Å². The zero-order valence-corrected chi connectivity index (χ0v) is 21.6. The second kappa shape index (κ2) is 13.8. The number of ether oxygens (including phenoxy) is 1. The molecule has 2 fully saturated rings. The van der Waals surface area contributed by atoms with E-state index in [0.717, 1.165) is 30.8 Å². The van der Waals surface area contributed by atoms with Gasteiger partial charge in [-0.1, -0.05) is 0 Å². The highest BCUT2D eigenvalue weighted by atomic mass is 19.4. The van der Waals surface area contributed by atoms with Gasteiger partial charge in [0, 0.05) is 36.0 Å². The lowest BCUT2D eigenvalue weighted by molar-refractivity contribution is -0.192. The second-order valence-electron chi connectivity index (χ2n) is 9.20. The molecule has 1 aromatic heterocycles. The van der Waals surface area contributed by atoms with E-state index in [1.807, 2.05) is 4.90 Å². The van der Waals surface area contributed by atoms with E-state index in [1.54, 1.807) is 18.5 Å². The quantitative estimate of drug-likeness (QED) is 0.241. The number of hydrogen-bond donors (Lipinski definition) is 4. The van der Waals surface area contributed by atoms with Crippen LogP contribution in [0.4, 0.5) is 13.2 Å². The van der Waals surface area contributed by atoms with Crippen LogP contribution in [-0.2, 0) is 25.6 Å². The first-order chi connectivity index (χ1) is 19.3. The molecule has 2 saturated heterocycles. The number of hydrogen-bond acceptors (Lipinski definition) is 9. The summed E-state index contributed by atoms with van der Waals surface area (Å²) in [7, 11) is 0. The summed E-state index contributed by atoms with van der Waals surface area (Å²) in [6.45, 7) is 1.09. The van der Waals surface area contributed by atoms with Crippen LogP contribution in [0.3, 0.4) is 0 Å². The highest BCUT2D eigenvalue weighted by Gasteiger charge is 2.38. The normalized spacial score (nSPS) is 16.6. The Bertz CT molecular complexity index is 1240. The van der Waals surface area contributed by atoms with Crippen molar-refractivity contribution in [1.82, 2.24) is 25.1 Å². The first kappa shape index (κ1) is 31.2. The number of carboxylic acids is 2. The van der Waals surface area contributed by atoms with Gasteiger partial charge in [-0.15, -0.1) is 0 Å². The molecule has 4 rings (SSSR count). The number of benzene rings is 1. The van der Waals surface area contributed by atoms with Crippen molar-refractivity contribution in [3.8, 4) is 5.75 Å². The van der Waals surface area contributed by atoms with Gasteiger partial charge < -0.3 is 25.3 Å². The number of alkyl halides is 3. The Balaban J connectivity index is 0.000000587. The Morgan fingerprint density at radius 3 is 2.24 bits per heavy atom. The van der Waals surface area contributed by atoms with E-state index in [-0.39, 0.29) is 49.7 Å². The van der Waals surface area contributed by atoms with Crippen molar-refractivity contribution in [2.45, 2.75) is 31.5 Å². The van der Waals surface area contributed by atoms with Crippen molar-refractivity contribution in [2.24, 2.45) is 0 Å². The topological polar surface area (TPSA) is 182 Å². The number of Topliss-reactive ketones (excluding diaryl/α,β-unsaturated/α-hetero) is 1. The lowest BCUT2D eigenvalue weighted by atomic mass is 10.0. The number of ketones is 1. The number of H-pyrrole nitrogens is 1. The third kappa shape index (κ3) is 9.11. The minimum atomic E-state index is -5.08. The van der Waals surface area contributed by atoms with Crippen molar-refractivity contribution in [2.75, 3.05) is 39.3 Å². The van der Waals surface area contributed by atoms with Crippen molar-refractivity contribution in [3.63, 3.8) is 0 Å². The maximum Gasteiger partial charge on any atom is 0.490 e. The van der Waals surface area contributed by atoms with Crippen LogP contribution in [-0.4, -0.2) is 111 Å². The van der Waals surface area contributed by atoms with Crippen molar-refractivity contribution >= 4 is 29.5 Å². The van der Waals surface area contributed by atoms with E-state index in [2.05, 4.69) is 15.3 Å². The standard InChI is InChI=1S/C23H27N5O6.C2HF3O2/c29-18(11-28-21(30)12-27(13-22(28)31)17-3-5-24-6-4-17)15-1-2-19(34-14-23(32)33)16(9-15)10-20-25-7-8-26-20;3-2(4,5)1(6)7/h1-2,7-9,17,24H,3-6,10-14H2,(H,25,26)(H,32,33);(H,6,7). The molecule has 3 heterocycles. The minimum Gasteiger partial charge on any atom is -0.482 e. The number of nitrogens with one attached hydrogen (secondary N) is 2. The van der Waals surface area contributed by atoms with E-state index in [9.17, 15) is 32.3 Å². The zero-order valence-electron chi connectivity index (χ0n) is 21.6. The Morgan fingerprint density at radius 2 is 1.71 bits per heavy atom. The molecule has 1 aromatic carbocycles. The second-order valence-corrected chi connectivity index (χ2v) is 9.20. The third-order valence-electron chi connectivity index (χ3n) is 6.29. The van der Waals surface area contributed by atoms with Crippen LogP contribution in [0.15, 0.2) is 30.6 Å². The lowest BCUT2D eigenvalue weighted by Gasteiger charge is -2.38. The number of imide groups is 1. The van der Waals surface area contributed by atoms with E-state index < -0.39 is 24.7 Å². The molecule has 13 nitrogen and oxygen atoms in total. The fraction of sp³-hybridized carbons (Fsp3) is 0.440. The highest BCUT2D eigenvalue weighted by molar-refractivity contribution is 6.06. The molecular formula is C25H28F3N5O8. The summed E-state index contributed by atoms with van der Waals surface area (Å²) in [5.41, 5.74) is 0.862. The summed E-state index contributed by atoms with van der Waals surface area (Å²) in [6, 6.07) is 4.80. The van der Waals surface area contributed by atoms with Crippen LogP contribution in [0.2, 0.25) is 0 Å². The van der Waals surface area contributed by atoms with Crippen LogP contribution in [0.25, 0.3) is 0 Å². The summed E-state index contributed by atoms with van der Waals surface area (Å²) < 4.78 is 37.1. The summed E-state index contributed by atoms with van der Waals surface area (Å²) in [6.07, 6.45) is 0.212. The van der Waals surface area contributed by atoms with Gasteiger partial charge in [-0.05, 0) is 44.1 Å². The third-order valence-corrected chi connectivity index (χ3v) is 6.29. The maximum absolute atomic E-state index is 13.0. The van der Waals surface area contributed by atoms with Gasteiger partial charge in [-0.3, -0.25) is 24.2 Å². The molecule has 0 atom stereocenters. The van der Waals surface area contributed by atoms with Crippen molar-refractivity contribution < 1.29 is 52.1 Å². The average molecular weight is 584 g/mol. The minimum absolute atomic E-state index is 0.120. The number of imidazole rings is 1. The molecule has 0 bridgehead atoms. The lowest BCUT2D eigenvalue weighted by Crippen LogP contribution is -2.58. The van der Waals surface area contributed by atoms with Gasteiger partial charge in [0.15, 0.2) is 12.4 Å². The number of piperazine rings is 1. The Labute approximate surface area is 231 Å². The number of aromatic amines is 1. The Morgan fingerprint density at radius 1 is 1.07 bits per heavy atom. The number of halogens is 3. The molecule has 0 saturated carbocycles. The maximum atomic E-state index is 13.0. The Hall–Kier alpha value is -4.31. The molecular weight excluding hydrogens is 555 g/mol. The molecule has 2 aliphatic heterocycles. The molecule has 2 aromatic rings. The van der Waals surface area contributed by atoms with Crippen LogP contribution in [0.1, 0.15) is 34.6 Å². The molecule has 0 unspecified atom stereocenters. The van der Waals surface area contributed by atoms with Gasteiger partial charge in [0.25, 0.3) is 0 Å². The number of rotatable bonds is 9. The predicted molar refractivity (Wildman–Crippen MR) is 133 cm³/mol. The van der Waals surface area contributed by atoms with Gasteiger partial charge in [0.2, 0.25) is 11.8 Å². The first-order valence-electron chi connectivity index (χ1n) is 12.4. The number of nitrogens with zero attached hydrogens (tertiary/aromatic N) is 3. The van der Waals surface area contributed by atoms with Crippen LogP contribution >= 0.6 is 0 Å². The van der Waals surface area contributed by atoms with Crippen LogP contribution in [0, 0.1) is 0 Å². The summed E-state index contributed by atoms with van der Waals surface area (Å²) >= 11 is 0. The number of piperidine rings is 1. The first-order valence-corrected chi connectivity index (χ1v) is 12.4. The largest absolute Gasteiger partial charge is 0.490 e. The fourth-order valence-corrected chi connectivity index (χ4v) is 4.30. The number of aliphatic carboxylic acids is 2. The SMILES string of the molecule is O=C(O)C(F)(F)F.O=C(O)COc1ccc(C(=O)CN2C(=O)CN(C3CCNCC3)CC2=O)cc1Cc1ncc[nH]1. The number of carbonyl (C=O) groups is 5. The summed E-state index contributed by atoms with van der Waals surface area (Å²) in [4.78, 5) is 68.3. The fourth-order valence-electron chi connectivity index (χ4n) is 4.30. The molecule has 4 N–H and O–H groups in total. The van der Waals surface area contributed by atoms with Crippen LogP contribution in [0.5, 0.6) is 5.75 Å². The van der Waals surface area contributed by atoms with Gasteiger partial charge in [-0.2, -0.15) is 13.2 Å². The number of carbonyl (C=O) groups excluding carboxylic acids is 3. The molecule has 2 amide bonds. The van der Waals surface area contributed by atoms with E-state index in [4.69, 9.17) is 19.7 Å². The number of carboxylic acid groups (broad SMARTS) is 2. The zero-order chi connectivity index (χ0) is 30.2. The number of amides is 2. The molecule has 41 heavy (non-hydrogen) atoms. The predicted octanol–water partition coefficient (Wildman–Crippen LogP) is 0.703. The molecule has 0 spiro atoms. The van der Waals surface area contributed by atoms with Crippen molar-refractivity contribution in [1.29, 1.82) is 0 Å². The van der Waals surface area contributed by atoms with E-state index in [1.165, 1.54) is 12.1 Å². The van der Waals surface area contributed by atoms with Gasteiger partial charge in [-0.25, -0.2) is 14.6 Å². The van der Waals surface area contributed by atoms with E-state index >= 15 is 0 Å². The monoisotopic (exact) mass is 583 g/mol. The molecule has 222 valence electrons. The molecule has 0 radical (unpaired) electrons. The van der Waals surface area contributed by atoms with Crippen molar-refractivity contribution in [3.05, 3.63) is 47.5 Å². The van der Waals surface area contributed by atoms with Gasteiger partial charge in [0.05, 0.1) is 19.6 Å². The molecule has 2 aliphatic rings. The van der Waals surface area contributed by atoms with Gasteiger partial charge in [0.1, 0.15) is 11.6 Å². The smallest absolute Gasteiger partial charge is 0.482 e. The molecule has 0 aliphatic carbocycles. The highest BCUT2D eigenvalue weighted by Crippen LogP contribution is 2.24. The van der Waals surface area contributed by atoms with E-state index in [0.29, 0.717) is 22.7 Å². The number of aromatic nitrogens is 2. The summed E-state index contributed by atoms with van der Waals surface area (Å²) in [5.74, 6) is -4.08. The average Bonchev–Trinajstić information content (AvgIpc) is 3.43. The summed E-state index contributed by atoms with van der Waals surface area (Å²) in [5, 5.41) is 19.3. The Kier molecular flexibility index (Phi) is 10.5. The molecule has 16 heteroatoms. The van der Waals surface area contributed by atoms with Crippen LogP contribution < -0.4 is 10.1 Å².